The van der Waals surface area contributed by atoms with E-state index in [1.165, 1.54) is 12.1 Å². The molecule has 0 saturated heterocycles. The molecule has 0 aliphatic heterocycles. The number of alkyl halides is 1. The molecule has 0 spiro atoms. The van der Waals surface area contributed by atoms with Crippen molar-refractivity contribution in [1.82, 2.24) is 24.3 Å². The van der Waals surface area contributed by atoms with Crippen LogP contribution in [0.1, 0.15) is 24.6 Å². The maximum atomic E-state index is 13.4. The highest BCUT2D eigenvalue weighted by atomic mass is 35.5. The lowest BCUT2D eigenvalue weighted by molar-refractivity contribution is 0.565. The number of benzene rings is 1. The molecule has 3 aromatic rings. The van der Waals surface area contributed by atoms with Crippen LogP contribution in [0.25, 0.3) is 11.0 Å². The maximum Gasteiger partial charge on any atom is 0.155 e. The number of nitrogens with zero attached hydrogens (tertiary/aromatic N) is 5. The highest BCUT2D eigenvalue weighted by Crippen LogP contribution is 2.25. The standard InChI is InChI=1S/C14H15ClFN5/c1-9(14-19-17-8-20(14)2)21-12-4-3-10(16)7-11(12)18-13(21)5-6-15/h3-4,7-9H,5-6H2,1-2H3. The summed E-state index contributed by atoms with van der Waals surface area (Å²) in [6, 6.07) is 4.55. The van der Waals surface area contributed by atoms with Gasteiger partial charge in [0, 0.05) is 25.4 Å². The molecular formula is C14H15ClFN5. The van der Waals surface area contributed by atoms with E-state index < -0.39 is 0 Å². The second-order valence-electron chi connectivity index (χ2n) is 4.95. The summed E-state index contributed by atoms with van der Waals surface area (Å²) in [5.41, 5.74) is 1.50. The zero-order valence-electron chi connectivity index (χ0n) is 11.8. The van der Waals surface area contributed by atoms with Crippen molar-refractivity contribution in [2.75, 3.05) is 5.88 Å². The molecule has 0 aliphatic rings. The van der Waals surface area contributed by atoms with E-state index in [1.807, 2.05) is 23.1 Å². The van der Waals surface area contributed by atoms with Gasteiger partial charge in [-0.3, -0.25) is 0 Å². The average Bonchev–Trinajstić information content (AvgIpc) is 3.01. The Balaban J connectivity index is 2.19. The molecule has 0 aliphatic carbocycles. The minimum Gasteiger partial charge on any atom is -0.319 e. The molecule has 0 N–H and O–H groups in total. The van der Waals surface area contributed by atoms with Crippen LogP contribution in [0.4, 0.5) is 4.39 Å². The van der Waals surface area contributed by atoms with E-state index in [0.29, 0.717) is 17.8 Å². The largest absolute Gasteiger partial charge is 0.319 e. The lowest BCUT2D eigenvalue weighted by atomic mass is 10.2. The third kappa shape index (κ3) is 2.40. The number of rotatable bonds is 4. The first kappa shape index (κ1) is 14.0. The first-order chi connectivity index (χ1) is 10.1. The molecule has 21 heavy (non-hydrogen) atoms. The van der Waals surface area contributed by atoms with Gasteiger partial charge in [-0.25, -0.2) is 9.37 Å². The molecule has 5 nitrogen and oxygen atoms in total. The first-order valence-electron chi connectivity index (χ1n) is 6.68. The van der Waals surface area contributed by atoms with Gasteiger partial charge >= 0.3 is 0 Å². The average molecular weight is 308 g/mol. The molecule has 0 bridgehead atoms. The van der Waals surface area contributed by atoms with Crippen molar-refractivity contribution >= 4 is 22.6 Å². The Morgan fingerprint density at radius 3 is 2.86 bits per heavy atom. The molecule has 7 heteroatoms. The number of aryl methyl sites for hydroxylation is 2. The number of aromatic nitrogens is 5. The summed E-state index contributed by atoms with van der Waals surface area (Å²) in [6.07, 6.45) is 2.27. The minimum atomic E-state index is -0.295. The van der Waals surface area contributed by atoms with Gasteiger partial charge in [0.15, 0.2) is 5.82 Å². The number of fused-ring (bicyclic) bond motifs is 1. The van der Waals surface area contributed by atoms with Gasteiger partial charge in [0.2, 0.25) is 0 Å². The lowest BCUT2D eigenvalue weighted by Crippen LogP contribution is -2.15. The van der Waals surface area contributed by atoms with E-state index >= 15 is 0 Å². The topological polar surface area (TPSA) is 48.5 Å². The van der Waals surface area contributed by atoms with E-state index in [-0.39, 0.29) is 11.9 Å². The van der Waals surface area contributed by atoms with Crippen LogP contribution in [0.3, 0.4) is 0 Å². The van der Waals surface area contributed by atoms with Gasteiger partial charge in [-0.15, -0.1) is 21.8 Å². The fraction of sp³-hybridized carbons (Fsp3) is 0.357. The Bertz CT molecular complexity index is 779. The summed E-state index contributed by atoms with van der Waals surface area (Å²) in [4.78, 5) is 4.50. The monoisotopic (exact) mass is 307 g/mol. The summed E-state index contributed by atoms with van der Waals surface area (Å²) >= 11 is 5.87. The highest BCUT2D eigenvalue weighted by molar-refractivity contribution is 6.17. The van der Waals surface area contributed by atoms with Crippen LogP contribution in [-0.4, -0.2) is 30.2 Å². The fourth-order valence-electron chi connectivity index (χ4n) is 2.60. The quantitative estimate of drug-likeness (QED) is 0.696. The minimum absolute atomic E-state index is 0.0637. The van der Waals surface area contributed by atoms with Crippen LogP contribution in [0.2, 0.25) is 0 Å². The van der Waals surface area contributed by atoms with Gasteiger partial charge in [0.1, 0.15) is 18.0 Å². The van der Waals surface area contributed by atoms with Gasteiger partial charge < -0.3 is 9.13 Å². The van der Waals surface area contributed by atoms with E-state index in [0.717, 1.165) is 17.2 Å². The summed E-state index contributed by atoms with van der Waals surface area (Å²) in [5, 5.41) is 8.07. The smallest absolute Gasteiger partial charge is 0.155 e. The Hall–Kier alpha value is -1.95. The number of hydrogen-bond acceptors (Lipinski definition) is 3. The Morgan fingerprint density at radius 2 is 2.19 bits per heavy atom. The molecule has 3 rings (SSSR count). The summed E-state index contributed by atoms with van der Waals surface area (Å²) in [6.45, 7) is 2.02. The SMILES string of the molecule is CC(c1nncn1C)n1c(CCCl)nc2cc(F)ccc21. The molecule has 0 radical (unpaired) electrons. The number of imidazole rings is 1. The Morgan fingerprint density at radius 1 is 1.38 bits per heavy atom. The van der Waals surface area contributed by atoms with Crippen molar-refractivity contribution in [3.05, 3.63) is 42.0 Å². The fourth-order valence-corrected chi connectivity index (χ4v) is 2.77. The zero-order chi connectivity index (χ0) is 15.0. The molecular weight excluding hydrogens is 293 g/mol. The van der Waals surface area contributed by atoms with Gasteiger partial charge in [0.25, 0.3) is 0 Å². The van der Waals surface area contributed by atoms with Gasteiger partial charge in [-0.05, 0) is 19.1 Å². The van der Waals surface area contributed by atoms with Crippen molar-refractivity contribution in [3.8, 4) is 0 Å². The normalized spacial score (nSPS) is 13.0. The van der Waals surface area contributed by atoms with Crippen LogP contribution < -0.4 is 0 Å². The lowest BCUT2D eigenvalue weighted by Gasteiger charge is -2.16. The van der Waals surface area contributed by atoms with Gasteiger partial charge in [-0.2, -0.15) is 0 Å². The van der Waals surface area contributed by atoms with E-state index in [9.17, 15) is 4.39 Å². The molecule has 1 unspecified atom stereocenters. The van der Waals surface area contributed by atoms with Crippen molar-refractivity contribution in [3.63, 3.8) is 0 Å². The van der Waals surface area contributed by atoms with Crippen molar-refractivity contribution in [1.29, 1.82) is 0 Å². The predicted molar refractivity (Wildman–Crippen MR) is 78.9 cm³/mol. The first-order valence-corrected chi connectivity index (χ1v) is 7.21. The van der Waals surface area contributed by atoms with Gasteiger partial charge in [-0.1, -0.05) is 0 Å². The molecule has 2 heterocycles. The number of hydrogen-bond donors (Lipinski definition) is 0. The van der Waals surface area contributed by atoms with Crippen LogP contribution in [-0.2, 0) is 13.5 Å². The Kier molecular flexibility index (Phi) is 3.63. The summed E-state index contributed by atoms with van der Waals surface area (Å²) in [7, 11) is 1.89. The van der Waals surface area contributed by atoms with Crippen LogP contribution in [0.5, 0.6) is 0 Å². The van der Waals surface area contributed by atoms with E-state index in [4.69, 9.17) is 11.6 Å². The molecule has 110 valence electrons. The summed E-state index contributed by atoms with van der Waals surface area (Å²) in [5.74, 6) is 1.79. The predicted octanol–water partition coefficient (Wildman–Crippen LogP) is 2.69. The highest BCUT2D eigenvalue weighted by Gasteiger charge is 2.20. The Labute approximate surface area is 126 Å². The second kappa shape index (κ2) is 5.44. The molecule has 0 fully saturated rings. The van der Waals surface area contributed by atoms with Gasteiger partial charge in [0.05, 0.1) is 17.1 Å². The molecule has 0 amide bonds. The maximum absolute atomic E-state index is 13.4. The molecule has 1 aromatic carbocycles. The third-order valence-corrected chi connectivity index (χ3v) is 3.74. The molecule has 2 aromatic heterocycles. The number of halogens is 2. The second-order valence-corrected chi connectivity index (χ2v) is 5.32. The summed E-state index contributed by atoms with van der Waals surface area (Å²) < 4.78 is 17.3. The van der Waals surface area contributed by atoms with Crippen LogP contribution in [0.15, 0.2) is 24.5 Å². The van der Waals surface area contributed by atoms with Crippen molar-refractivity contribution in [2.24, 2.45) is 7.05 Å². The molecule has 1 atom stereocenters. The van der Waals surface area contributed by atoms with Crippen LogP contribution >= 0.6 is 11.6 Å². The van der Waals surface area contributed by atoms with Crippen molar-refractivity contribution < 1.29 is 4.39 Å². The zero-order valence-corrected chi connectivity index (χ0v) is 12.5. The third-order valence-electron chi connectivity index (χ3n) is 3.55. The van der Waals surface area contributed by atoms with E-state index in [1.54, 1.807) is 12.4 Å². The van der Waals surface area contributed by atoms with Crippen LogP contribution in [0, 0.1) is 5.82 Å². The molecule has 0 saturated carbocycles. The van der Waals surface area contributed by atoms with E-state index in [2.05, 4.69) is 15.2 Å². The van der Waals surface area contributed by atoms with Crippen molar-refractivity contribution in [2.45, 2.75) is 19.4 Å².